The zero-order valence-corrected chi connectivity index (χ0v) is 28.4. The van der Waals surface area contributed by atoms with Gasteiger partial charge >= 0.3 is 0 Å². The molecule has 0 aliphatic carbocycles. The van der Waals surface area contributed by atoms with Crippen LogP contribution in [0.1, 0.15) is 84.2 Å². The highest BCUT2D eigenvalue weighted by Crippen LogP contribution is 2.41. The van der Waals surface area contributed by atoms with E-state index in [-0.39, 0.29) is 17.8 Å². The Morgan fingerprint density at radius 1 is 0.957 bits per heavy atom. The highest BCUT2D eigenvalue weighted by Gasteiger charge is 2.40. The van der Waals surface area contributed by atoms with Gasteiger partial charge in [-0.15, -0.1) is 0 Å². The quantitative estimate of drug-likeness (QED) is 0.154. The first kappa shape index (κ1) is 32.6. The minimum absolute atomic E-state index is 0.0213. The lowest BCUT2D eigenvalue weighted by molar-refractivity contribution is 0.0807. The Morgan fingerprint density at radius 2 is 1.72 bits per heavy atom. The summed E-state index contributed by atoms with van der Waals surface area (Å²) in [6.07, 6.45) is 8.01. The van der Waals surface area contributed by atoms with E-state index in [0.717, 1.165) is 54.6 Å². The average Bonchev–Trinajstić information content (AvgIpc) is 3.51. The molecule has 1 aromatic heterocycles. The van der Waals surface area contributed by atoms with Gasteiger partial charge in [-0.25, -0.2) is 0 Å². The van der Waals surface area contributed by atoms with Gasteiger partial charge < -0.3 is 14.6 Å². The standard InChI is InChI=1S/C38H43Cl2N3O3/c1-24(2)46-36-10-5-9-31-32(38(45)41-22-26-8-4-7-25(3)17-26)23-42(37(31)36)15-6-16-43-29-12-13-30(43)19-27(18-29)20-35(44)28-11-14-33(39)34(40)21-28/h4-5,7-11,14,17,21,23-24,27,29-30H,6,12-13,15-16,18-20,22H2,1-3H3,(H,41,45)/t27-,29+,30-. The number of hydrogen-bond donors (Lipinski definition) is 1. The number of nitrogens with zero attached hydrogens (tertiary/aromatic N) is 2. The molecule has 242 valence electrons. The van der Waals surface area contributed by atoms with Gasteiger partial charge in [0.05, 0.1) is 27.2 Å². The molecular weight excluding hydrogens is 617 g/mol. The van der Waals surface area contributed by atoms with Crippen molar-refractivity contribution in [3.63, 3.8) is 0 Å². The van der Waals surface area contributed by atoms with Crippen LogP contribution in [-0.4, -0.2) is 45.9 Å². The first-order valence-corrected chi connectivity index (χ1v) is 17.3. The molecule has 6 rings (SSSR count). The van der Waals surface area contributed by atoms with Crippen molar-refractivity contribution >= 4 is 45.8 Å². The number of rotatable bonds is 12. The summed E-state index contributed by atoms with van der Waals surface area (Å²) < 4.78 is 8.43. The number of carbonyl (C=O) groups is 2. The largest absolute Gasteiger partial charge is 0.489 e. The number of para-hydroxylation sites is 1. The van der Waals surface area contributed by atoms with Crippen LogP contribution in [0.15, 0.2) is 66.9 Å². The molecule has 46 heavy (non-hydrogen) atoms. The van der Waals surface area contributed by atoms with Crippen LogP contribution >= 0.6 is 23.2 Å². The molecule has 6 nitrogen and oxygen atoms in total. The number of carbonyl (C=O) groups excluding carboxylic acids is 2. The molecule has 3 aromatic carbocycles. The average molecular weight is 661 g/mol. The van der Waals surface area contributed by atoms with Gasteiger partial charge in [0.2, 0.25) is 0 Å². The van der Waals surface area contributed by atoms with Gasteiger partial charge in [0.15, 0.2) is 5.78 Å². The summed E-state index contributed by atoms with van der Waals surface area (Å²) in [4.78, 5) is 29.2. The second-order valence-corrected chi connectivity index (χ2v) is 14.1. The second-order valence-electron chi connectivity index (χ2n) is 13.3. The summed E-state index contributed by atoms with van der Waals surface area (Å²) in [5, 5.41) is 4.94. The molecule has 1 N–H and O–H groups in total. The number of fused-ring (bicyclic) bond motifs is 3. The van der Waals surface area contributed by atoms with Crippen molar-refractivity contribution in [2.45, 2.75) is 90.6 Å². The summed E-state index contributed by atoms with van der Waals surface area (Å²) in [6, 6.07) is 20.4. The first-order valence-electron chi connectivity index (χ1n) is 16.5. The number of ketones is 1. The molecule has 2 saturated heterocycles. The molecule has 2 fully saturated rings. The normalized spacial score (nSPS) is 19.6. The SMILES string of the molecule is Cc1cccc(CNC(=O)c2cn(CCCN3[C@@H]4CC[C@H]3C[C@@H](CC(=O)c3ccc(Cl)c(Cl)c3)C4)c3c(OC(C)C)cccc23)c1. The van der Waals surface area contributed by atoms with E-state index >= 15 is 0 Å². The van der Waals surface area contributed by atoms with E-state index < -0.39 is 0 Å². The Balaban J connectivity index is 1.12. The lowest BCUT2D eigenvalue weighted by Crippen LogP contribution is -2.43. The Kier molecular flexibility index (Phi) is 10.1. The van der Waals surface area contributed by atoms with Crippen molar-refractivity contribution in [2.24, 2.45) is 5.92 Å². The van der Waals surface area contributed by atoms with Crippen LogP contribution in [0.3, 0.4) is 0 Å². The molecule has 2 aliphatic heterocycles. The van der Waals surface area contributed by atoms with Crippen LogP contribution in [0, 0.1) is 12.8 Å². The smallest absolute Gasteiger partial charge is 0.253 e. The Hall–Kier alpha value is -3.32. The van der Waals surface area contributed by atoms with E-state index in [4.69, 9.17) is 27.9 Å². The third-order valence-corrected chi connectivity index (χ3v) is 10.3. The van der Waals surface area contributed by atoms with Crippen molar-refractivity contribution in [2.75, 3.05) is 6.54 Å². The van der Waals surface area contributed by atoms with E-state index in [1.165, 1.54) is 18.4 Å². The van der Waals surface area contributed by atoms with Gasteiger partial charge in [0, 0.05) is 55.3 Å². The number of nitrogens with one attached hydrogen (secondary N) is 1. The number of benzene rings is 3. The van der Waals surface area contributed by atoms with Gasteiger partial charge in [-0.1, -0.05) is 65.2 Å². The van der Waals surface area contributed by atoms with E-state index in [9.17, 15) is 9.59 Å². The summed E-state index contributed by atoms with van der Waals surface area (Å²) >= 11 is 12.2. The first-order chi connectivity index (χ1) is 22.2. The number of aromatic nitrogens is 1. The summed E-state index contributed by atoms with van der Waals surface area (Å²) in [7, 11) is 0. The summed E-state index contributed by atoms with van der Waals surface area (Å²) in [5.41, 5.74) is 4.54. The van der Waals surface area contributed by atoms with E-state index in [0.29, 0.717) is 52.1 Å². The molecule has 0 saturated carbocycles. The number of aryl methyl sites for hydroxylation is 2. The fourth-order valence-electron chi connectivity index (χ4n) is 7.52. The summed E-state index contributed by atoms with van der Waals surface area (Å²) in [5.74, 6) is 1.26. The van der Waals surface area contributed by atoms with Crippen LogP contribution in [0.2, 0.25) is 10.0 Å². The predicted molar refractivity (Wildman–Crippen MR) is 186 cm³/mol. The van der Waals surface area contributed by atoms with Crippen LogP contribution < -0.4 is 10.1 Å². The molecule has 0 radical (unpaired) electrons. The van der Waals surface area contributed by atoms with Crippen molar-refractivity contribution in [1.82, 2.24) is 14.8 Å². The Morgan fingerprint density at radius 3 is 2.43 bits per heavy atom. The molecule has 2 aliphatic rings. The highest BCUT2D eigenvalue weighted by atomic mass is 35.5. The maximum absolute atomic E-state index is 13.5. The van der Waals surface area contributed by atoms with Gasteiger partial charge in [0.25, 0.3) is 5.91 Å². The minimum atomic E-state index is -0.0810. The minimum Gasteiger partial charge on any atom is -0.489 e. The van der Waals surface area contributed by atoms with E-state index in [1.807, 2.05) is 50.4 Å². The van der Waals surface area contributed by atoms with Crippen molar-refractivity contribution in [3.8, 4) is 5.75 Å². The lowest BCUT2D eigenvalue weighted by Gasteiger charge is -2.39. The lowest BCUT2D eigenvalue weighted by atomic mass is 9.85. The van der Waals surface area contributed by atoms with Crippen LogP contribution in [0.5, 0.6) is 5.75 Å². The third kappa shape index (κ3) is 7.30. The van der Waals surface area contributed by atoms with Gasteiger partial charge in [-0.05, 0) is 88.6 Å². The summed E-state index contributed by atoms with van der Waals surface area (Å²) in [6.45, 7) is 8.37. The van der Waals surface area contributed by atoms with E-state index in [2.05, 4.69) is 33.8 Å². The molecule has 3 heterocycles. The fourth-order valence-corrected chi connectivity index (χ4v) is 7.82. The van der Waals surface area contributed by atoms with Crippen LogP contribution in [0.25, 0.3) is 10.9 Å². The third-order valence-electron chi connectivity index (χ3n) is 9.52. The second kappa shape index (κ2) is 14.2. The monoisotopic (exact) mass is 659 g/mol. The van der Waals surface area contributed by atoms with Crippen molar-refractivity contribution in [1.29, 1.82) is 0 Å². The number of hydrogen-bond acceptors (Lipinski definition) is 4. The van der Waals surface area contributed by atoms with Gasteiger partial charge in [-0.2, -0.15) is 0 Å². The molecule has 3 atom stereocenters. The number of ether oxygens (including phenoxy) is 1. The van der Waals surface area contributed by atoms with Crippen molar-refractivity contribution < 1.29 is 14.3 Å². The number of piperidine rings is 1. The molecule has 8 heteroatoms. The predicted octanol–water partition coefficient (Wildman–Crippen LogP) is 8.88. The van der Waals surface area contributed by atoms with Gasteiger partial charge in [-0.3, -0.25) is 14.5 Å². The van der Waals surface area contributed by atoms with Crippen LogP contribution in [-0.2, 0) is 13.1 Å². The fraction of sp³-hybridized carbons (Fsp3) is 0.421. The maximum Gasteiger partial charge on any atom is 0.253 e. The molecule has 1 amide bonds. The van der Waals surface area contributed by atoms with E-state index in [1.54, 1.807) is 18.2 Å². The number of halogens is 2. The Labute approximate surface area is 282 Å². The molecule has 0 spiro atoms. The molecular formula is C38H43Cl2N3O3. The van der Waals surface area contributed by atoms with Crippen molar-refractivity contribution in [3.05, 3.63) is 99.2 Å². The van der Waals surface area contributed by atoms with Gasteiger partial charge in [0.1, 0.15) is 5.75 Å². The molecule has 4 aromatic rings. The number of amides is 1. The topological polar surface area (TPSA) is 63.6 Å². The zero-order chi connectivity index (χ0) is 32.4. The zero-order valence-electron chi connectivity index (χ0n) is 26.9. The van der Waals surface area contributed by atoms with Crippen LogP contribution in [0.4, 0.5) is 0 Å². The Bertz CT molecular complexity index is 1720. The highest BCUT2D eigenvalue weighted by molar-refractivity contribution is 6.42. The molecule has 0 unspecified atom stereocenters. The number of Topliss-reactive ketones (excluding diaryl/α,β-unsaturated/α-hetero) is 1. The molecule has 2 bridgehead atoms. The maximum atomic E-state index is 13.5.